The molecule has 1 aliphatic heterocycles. The van der Waals surface area contributed by atoms with Crippen molar-refractivity contribution in [3.05, 3.63) is 82.2 Å². The number of fused-ring (bicyclic) bond motifs is 3. The Labute approximate surface area is 202 Å². The summed E-state index contributed by atoms with van der Waals surface area (Å²) >= 11 is 0. The van der Waals surface area contributed by atoms with Gasteiger partial charge in [0.15, 0.2) is 17.3 Å². The van der Waals surface area contributed by atoms with Crippen LogP contribution in [0.5, 0.6) is 17.4 Å². The van der Waals surface area contributed by atoms with Crippen LogP contribution in [0.4, 0.5) is 5.69 Å². The number of aromatic nitrogens is 2. The van der Waals surface area contributed by atoms with Gasteiger partial charge in [0.25, 0.3) is 0 Å². The Morgan fingerprint density at radius 3 is 2.86 bits per heavy atom. The van der Waals surface area contributed by atoms with Crippen LogP contribution in [0.2, 0.25) is 0 Å². The largest absolute Gasteiger partial charge is 0.504 e. The van der Waals surface area contributed by atoms with Gasteiger partial charge in [0, 0.05) is 34.0 Å². The van der Waals surface area contributed by atoms with Crippen molar-refractivity contribution in [2.45, 2.75) is 31.6 Å². The fraction of sp³-hybridized carbons (Fsp3) is 0.214. The number of aryl methyl sites for hydroxylation is 1. The smallest absolute Gasteiger partial charge is 0.225 e. The third kappa shape index (κ3) is 3.22. The molecule has 0 saturated carbocycles. The number of hydrogen-bond donors (Lipinski definition) is 3. The number of nitrogens with zero attached hydrogens (tertiary/aromatic N) is 2. The number of nitriles is 1. The molecule has 2 aromatic carbocycles. The molecule has 3 heterocycles. The van der Waals surface area contributed by atoms with E-state index in [-0.39, 0.29) is 5.75 Å². The third-order valence-electron chi connectivity index (χ3n) is 7.03. The molecule has 0 bridgehead atoms. The van der Waals surface area contributed by atoms with Crippen LogP contribution in [-0.4, -0.2) is 22.2 Å². The summed E-state index contributed by atoms with van der Waals surface area (Å²) in [5, 5.41) is 21.6. The third-order valence-corrected chi connectivity index (χ3v) is 7.03. The quantitative estimate of drug-likeness (QED) is 0.384. The zero-order chi connectivity index (χ0) is 24.1. The number of para-hydroxylation sites is 1. The normalized spacial score (nSPS) is 16.9. The predicted molar refractivity (Wildman–Crippen MR) is 133 cm³/mol. The Balaban J connectivity index is 1.66. The Morgan fingerprint density at radius 2 is 2.03 bits per heavy atom. The van der Waals surface area contributed by atoms with Gasteiger partial charge in [-0.1, -0.05) is 24.3 Å². The van der Waals surface area contributed by atoms with Crippen molar-refractivity contribution in [2.75, 3.05) is 12.8 Å². The summed E-state index contributed by atoms with van der Waals surface area (Å²) in [7, 11) is 1.50. The number of nitrogen functional groups attached to an aromatic ring is 1. The first-order valence-corrected chi connectivity index (χ1v) is 11.7. The number of nitrogens with two attached hydrogens (primary N) is 1. The molecule has 6 rings (SSSR count). The van der Waals surface area contributed by atoms with E-state index in [0.29, 0.717) is 34.2 Å². The minimum absolute atomic E-state index is 0.0272. The molecule has 4 aromatic rings. The van der Waals surface area contributed by atoms with Crippen LogP contribution in [-0.2, 0) is 12.8 Å². The number of ether oxygens (including phenoxy) is 2. The molecule has 1 unspecified atom stereocenters. The van der Waals surface area contributed by atoms with Crippen molar-refractivity contribution in [1.82, 2.24) is 9.97 Å². The molecule has 0 saturated heterocycles. The zero-order valence-electron chi connectivity index (χ0n) is 19.3. The van der Waals surface area contributed by atoms with E-state index in [1.807, 2.05) is 30.5 Å². The first kappa shape index (κ1) is 21.1. The van der Waals surface area contributed by atoms with Crippen molar-refractivity contribution in [3.63, 3.8) is 0 Å². The maximum absolute atomic E-state index is 10.5. The van der Waals surface area contributed by atoms with Crippen molar-refractivity contribution in [3.8, 4) is 23.4 Å². The molecule has 7 heteroatoms. The monoisotopic (exact) mass is 464 g/mol. The number of methoxy groups -OCH3 is 1. The molecule has 4 N–H and O–H groups in total. The van der Waals surface area contributed by atoms with Crippen LogP contribution in [0.1, 0.15) is 46.7 Å². The highest BCUT2D eigenvalue weighted by Gasteiger charge is 2.37. The van der Waals surface area contributed by atoms with Gasteiger partial charge < -0.3 is 25.3 Å². The predicted octanol–water partition coefficient (Wildman–Crippen LogP) is 5.20. The Morgan fingerprint density at radius 1 is 1.20 bits per heavy atom. The average molecular weight is 465 g/mol. The van der Waals surface area contributed by atoms with Gasteiger partial charge in [0.1, 0.15) is 0 Å². The van der Waals surface area contributed by atoms with Crippen LogP contribution in [0.25, 0.3) is 16.7 Å². The lowest BCUT2D eigenvalue weighted by molar-refractivity contribution is 0.372. The molecule has 0 amide bonds. The molecule has 0 spiro atoms. The van der Waals surface area contributed by atoms with Gasteiger partial charge in [-0.25, -0.2) is 4.98 Å². The summed E-state index contributed by atoms with van der Waals surface area (Å²) in [6, 6.07) is 15.4. The fourth-order valence-corrected chi connectivity index (χ4v) is 5.33. The van der Waals surface area contributed by atoms with E-state index in [9.17, 15) is 10.4 Å². The number of aromatic amines is 1. The van der Waals surface area contributed by atoms with Crippen LogP contribution in [0.3, 0.4) is 0 Å². The van der Waals surface area contributed by atoms with E-state index < -0.39 is 5.92 Å². The highest BCUT2D eigenvalue weighted by molar-refractivity contribution is 5.94. The van der Waals surface area contributed by atoms with Gasteiger partial charge in [0.2, 0.25) is 5.88 Å². The minimum atomic E-state index is -0.526. The zero-order valence-corrected chi connectivity index (χ0v) is 19.3. The number of hydrogen-bond acceptors (Lipinski definition) is 6. The number of H-pyrrole nitrogens is 1. The number of anilines is 1. The van der Waals surface area contributed by atoms with E-state index in [1.54, 1.807) is 18.2 Å². The molecule has 1 atom stereocenters. The van der Waals surface area contributed by atoms with E-state index in [2.05, 4.69) is 11.1 Å². The van der Waals surface area contributed by atoms with Gasteiger partial charge in [-0.2, -0.15) is 5.26 Å². The Bertz CT molecular complexity index is 1560. The molecule has 2 aromatic heterocycles. The number of rotatable bonds is 3. The molecular weight excluding hydrogens is 440 g/mol. The number of nitrogens with one attached hydrogen (secondary N) is 1. The molecule has 7 nitrogen and oxygen atoms in total. The van der Waals surface area contributed by atoms with Gasteiger partial charge in [-0.3, -0.25) is 0 Å². The molecule has 0 fully saturated rings. The number of aromatic hydroxyl groups is 1. The van der Waals surface area contributed by atoms with Crippen LogP contribution >= 0.6 is 0 Å². The molecule has 35 heavy (non-hydrogen) atoms. The van der Waals surface area contributed by atoms with E-state index in [0.717, 1.165) is 59.0 Å². The van der Waals surface area contributed by atoms with Gasteiger partial charge in [-0.15, -0.1) is 0 Å². The standard InChI is InChI=1S/C28H24N4O3/c1-34-23-12-15(10-11-22(23)33)24-18(13-29)27(19-14-31-20-8-4-2-6-16(19)20)35-28-25(24)26(30)17-7-3-5-9-21(17)32-28/h2,4,6,8,10-12,14,24,31,33H,3,5,7,9H2,1H3,(H2,30,32). The summed E-state index contributed by atoms with van der Waals surface area (Å²) in [5.74, 6) is 0.712. The lowest BCUT2D eigenvalue weighted by atomic mass is 9.80. The highest BCUT2D eigenvalue weighted by atomic mass is 16.5. The second-order valence-corrected chi connectivity index (χ2v) is 8.95. The van der Waals surface area contributed by atoms with E-state index in [1.165, 1.54) is 7.11 Å². The Kier molecular flexibility index (Phi) is 4.89. The van der Waals surface area contributed by atoms with Crippen molar-refractivity contribution < 1.29 is 14.6 Å². The van der Waals surface area contributed by atoms with Crippen molar-refractivity contribution in [2.24, 2.45) is 0 Å². The van der Waals surface area contributed by atoms with Gasteiger partial charge >= 0.3 is 0 Å². The maximum atomic E-state index is 10.5. The SMILES string of the molecule is COc1cc(C2C(C#N)=C(c3c[nH]c4ccccc34)Oc3nc4c(c(N)c32)CCCC4)ccc1O. The number of pyridine rings is 1. The van der Waals surface area contributed by atoms with Gasteiger partial charge in [0.05, 0.1) is 30.2 Å². The number of benzene rings is 2. The number of allylic oxidation sites excluding steroid dienone is 1. The van der Waals surface area contributed by atoms with E-state index >= 15 is 0 Å². The second kappa shape index (κ2) is 8.10. The lowest BCUT2D eigenvalue weighted by Crippen LogP contribution is -2.21. The van der Waals surface area contributed by atoms with Crippen LogP contribution in [0, 0.1) is 11.3 Å². The lowest BCUT2D eigenvalue weighted by Gasteiger charge is -2.31. The molecule has 1 aliphatic carbocycles. The molecular formula is C28H24N4O3. The minimum Gasteiger partial charge on any atom is -0.504 e. The summed E-state index contributed by atoms with van der Waals surface area (Å²) in [4.78, 5) is 8.20. The van der Waals surface area contributed by atoms with Gasteiger partial charge in [-0.05, 0) is 55.0 Å². The van der Waals surface area contributed by atoms with Crippen molar-refractivity contribution >= 4 is 22.3 Å². The fourth-order valence-electron chi connectivity index (χ4n) is 5.33. The van der Waals surface area contributed by atoms with Crippen LogP contribution in [0.15, 0.2) is 54.2 Å². The van der Waals surface area contributed by atoms with Crippen LogP contribution < -0.4 is 15.2 Å². The first-order chi connectivity index (χ1) is 17.1. The summed E-state index contributed by atoms with van der Waals surface area (Å²) < 4.78 is 11.8. The summed E-state index contributed by atoms with van der Waals surface area (Å²) in [5.41, 5.74) is 13.1. The first-order valence-electron chi connectivity index (χ1n) is 11.7. The average Bonchev–Trinajstić information content (AvgIpc) is 3.32. The highest BCUT2D eigenvalue weighted by Crippen LogP contribution is 2.50. The Hall–Kier alpha value is -4.44. The maximum Gasteiger partial charge on any atom is 0.225 e. The molecule has 2 aliphatic rings. The molecule has 0 radical (unpaired) electrons. The topological polar surface area (TPSA) is 117 Å². The van der Waals surface area contributed by atoms with Crippen molar-refractivity contribution in [1.29, 1.82) is 5.26 Å². The molecule has 174 valence electrons. The number of phenols is 1. The summed E-state index contributed by atoms with van der Waals surface area (Å²) in [6.07, 6.45) is 5.68. The second-order valence-electron chi connectivity index (χ2n) is 8.95. The summed E-state index contributed by atoms with van der Waals surface area (Å²) in [6.45, 7) is 0. The number of phenolic OH excluding ortho intramolecular Hbond substituents is 1. The van der Waals surface area contributed by atoms with E-state index in [4.69, 9.17) is 20.2 Å².